The van der Waals surface area contributed by atoms with Crippen LogP contribution in [0.3, 0.4) is 0 Å². The number of nitrogens with one attached hydrogen (secondary N) is 3. The fourth-order valence-electron chi connectivity index (χ4n) is 1.93. The number of Topliss-reactive ketones (excluding diaryl/α,β-unsaturated/α-hetero) is 1. The van der Waals surface area contributed by atoms with Crippen LogP contribution >= 0.6 is 0 Å². The van der Waals surface area contributed by atoms with Crippen molar-refractivity contribution in [3.8, 4) is 0 Å². The van der Waals surface area contributed by atoms with E-state index in [2.05, 4.69) is 10.6 Å². The molecule has 26 heavy (non-hydrogen) atoms. The first-order chi connectivity index (χ1) is 12.1. The van der Waals surface area contributed by atoms with Crippen LogP contribution in [0, 0.1) is 0 Å². The summed E-state index contributed by atoms with van der Waals surface area (Å²) in [5.74, 6) is -0.111. The van der Waals surface area contributed by atoms with Gasteiger partial charge in [0.1, 0.15) is 0 Å². The third-order valence-corrected chi connectivity index (χ3v) is 4.05. The highest BCUT2D eigenvalue weighted by Gasteiger charge is 2.11. The second kappa shape index (κ2) is 7.76. The highest BCUT2D eigenvalue weighted by atomic mass is 32.2. The maximum absolute atomic E-state index is 11.8. The lowest BCUT2D eigenvalue weighted by Crippen LogP contribution is -2.37. The molecule has 2 rings (SSSR count). The Bertz CT molecular complexity index is 937. The number of carbonyl (C=O) groups excluding carboxylic acids is 3. The lowest BCUT2D eigenvalue weighted by atomic mass is 10.1. The van der Waals surface area contributed by atoms with Gasteiger partial charge >= 0.3 is 12.1 Å². The molecule has 0 spiro atoms. The van der Waals surface area contributed by atoms with Gasteiger partial charge in [-0.15, -0.1) is 0 Å². The van der Waals surface area contributed by atoms with Crippen molar-refractivity contribution in [1.82, 2.24) is 5.32 Å². The molecule has 0 saturated carbocycles. The van der Waals surface area contributed by atoms with Gasteiger partial charge in [0.25, 0.3) is 10.1 Å². The predicted octanol–water partition coefficient (Wildman–Crippen LogP) is 2.49. The summed E-state index contributed by atoms with van der Waals surface area (Å²) < 4.78 is 30.7. The van der Waals surface area contributed by atoms with Gasteiger partial charge in [0.15, 0.2) is 5.78 Å². The lowest BCUT2D eigenvalue weighted by Gasteiger charge is -2.09. The van der Waals surface area contributed by atoms with Crippen LogP contribution < -0.4 is 16.0 Å². The molecule has 2 aromatic rings. The summed E-state index contributed by atoms with van der Waals surface area (Å²) in [5.41, 5.74) is 1.09. The van der Waals surface area contributed by atoms with Crippen molar-refractivity contribution in [1.29, 1.82) is 0 Å². The highest BCUT2D eigenvalue weighted by Crippen LogP contribution is 2.13. The Kier molecular flexibility index (Phi) is 5.70. The molecule has 0 atom stereocenters. The van der Waals surface area contributed by atoms with E-state index in [1.54, 1.807) is 0 Å². The van der Waals surface area contributed by atoms with Gasteiger partial charge in [0, 0.05) is 16.9 Å². The minimum absolute atomic E-state index is 0.111. The van der Waals surface area contributed by atoms with Crippen molar-refractivity contribution in [3.63, 3.8) is 0 Å². The van der Waals surface area contributed by atoms with Crippen LogP contribution in [0.25, 0.3) is 0 Å². The topological polar surface area (TPSA) is 142 Å². The molecule has 2 aromatic carbocycles. The molecule has 4 amide bonds. The zero-order valence-electron chi connectivity index (χ0n) is 13.5. The summed E-state index contributed by atoms with van der Waals surface area (Å²) in [6, 6.07) is 9.16. The second-order valence-corrected chi connectivity index (χ2v) is 6.59. The number of amides is 4. The van der Waals surface area contributed by atoms with Gasteiger partial charge in [-0.25, -0.2) is 9.59 Å². The molecule has 0 aliphatic carbocycles. The molecular weight excluding hydrogens is 362 g/mol. The lowest BCUT2D eigenvalue weighted by molar-refractivity contribution is 0.101. The first kappa shape index (κ1) is 19.1. The average Bonchev–Trinajstić information content (AvgIpc) is 2.54. The monoisotopic (exact) mass is 377 g/mol. The van der Waals surface area contributed by atoms with E-state index in [1.165, 1.54) is 43.3 Å². The Balaban J connectivity index is 1.90. The normalized spacial score (nSPS) is 10.7. The Morgan fingerprint density at radius 2 is 1.23 bits per heavy atom. The minimum Gasteiger partial charge on any atom is -0.308 e. The van der Waals surface area contributed by atoms with E-state index in [0.717, 1.165) is 12.1 Å². The standard InChI is InChI=1S/C16H15N3O6S/c1-10(20)11-2-4-12(5-3-11)17-15(21)19-16(22)18-13-6-8-14(9-7-13)26(23,24)25/h2-9H,1H3,(H,23,24,25)(H3,17,18,19,21,22). The van der Waals surface area contributed by atoms with Crippen molar-refractivity contribution in [2.45, 2.75) is 11.8 Å². The quantitative estimate of drug-likeness (QED) is 0.476. The first-order valence-electron chi connectivity index (χ1n) is 7.23. The zero-order chi connectivity index (χ0) is 19.3. The summed E-state index contributed by atoms with van der Waals surface area (Å²) in [4.78, 5) is 34.3. The van der Waals surface area contributed by atoms with E-state index >= 15 is 0 Å². The van der Waals surface area contributed by atoms with Gasteiger partial charge in [0.2, 0.25) is 0 Å². The molecule has 0 aliphatic rings. The zero-order valence-corrected chi connectivity index (χ0v) is 14.3. The first-order valence-corrected chi connectivity index (χ1v) is 8.67. The molecule has 0 bridgehead atoms. The van der Waals surface area contributed by atoms with E-state index in [0.29, 0.717) is 11.3 Å². The van der Waals surface area contributed by atoms with Gasteiger partial charge in [0.05, 0.1) is 4.90 Å². The Labute approximate surface area is 149 Å². The largest absolute Gasteiger partial charge is 0.327 e. The highest BCUT2D eigenvalue weighted by molar-refractivity contribution is 7.85. The average molecular weight is 377 g/mol. The van der Waals surface area contributed by atoms with Gasteiger partial charge in [-0.2, -0.15) is 8.42 Å². The summed E-state index contributed by atoms with van der Waals surface area (Å²) in [6.07, 6.45) is 0. The van der Waals surface area contributed by atoms with Gasteiger partial charge in [-0.3, -0.25) is 14.7 Å². The molecule has 10 heteroatoms. The molecule has 0 fully saturated rings. The number of urea groups is 2. The van der Waals surface area contributed by atoms with Crippen LogP contribution in [0.5, 0.6) is 0 Å². The van der Waals surface area contributed by atoms with E-state index in [1.807, 2.05) is 5.32 Å². The summed E-state index contributed by atoms with van der Waals surface area (Å²) >= 11 is 0. The van der Waals surface area contributed by atoms with Crippen LogP contribution in [0.15, 0.2) is 53.4 Å². The molecule has 0 heterocycles. The molecule has 0 aromatic heterocycles. The SMILES string of the molecule is CC(=O)c1ccc(NC(=O)NC(=O)Nc2ccc(S(=O)(=O)O)cc2)cc1. The number of anilines is 2. The number of benzene rings is 2. The van der Waals surface area contributed by atoms with Crippen molar-refractivity contribution >= 4 is 39.3 Å². The van der Waals surface area contributed by atoms with Crippen molar-refractivity contribution < 1.29 is 27.4 Å². The number of hydrogen-bond donors (Lipinski definition) is 4. The van der Waals surface area contributed by atoms with Crippen molar-refractivity contribution in [3.05, 3.63) is 54.1 Å². The Hall–Kier alpha value is -3.24. The van der Waals surface area contributed by atoms with Crippen LogP contribution in [0.2, 0.25) is 0 Å². The fourth-order valence-corrected chi connectivity index (χ4v) is 2.41. The van der Waals surface area contributed by atoms with Gasteiger partial charge < -0.3 is 10.6 Å². The molecule has 0 saturated heterocycles. The van der Waals surface area contributed by atoms with Crippen LogP contribution in [-0.2, 0) is 10.1 Å². The molecule has 0 aliphatic heterocycles. The molecule has 0 unspecified atom stereocenters. The van der Waals surface area contributed by atoms with Crippen molar-refractivity contribution in [2.75, 3.05) is 10.6 Å². The maximum atomic E-state index is 11.8. The van der Waals surface area contributed by atoms with Crippen LogP contribution in [0.4, 0.5) is 21.0 Å². The third kappa shape index (κ3) is 5.40. The number of rotatable bonds is 4. The second-order valence-electron chi connectivity index (χ2n) is 5.17. The maximum Gasteiger partial charge on any atom is 0.327 e. The van der Waals surface area contributed by atoms with Crippen molar-refractivity contribution in [2.24, 2.45) is 0 Å². The smallest absolute Gasteiger partial charge is 0.308 e. The van der Waals surface area contributed by atoms with E-state index < -0.39 is 22.2 Å². The molecule has 4 N–H and O–H groups in total. The number of hydrogen-bond acceptors (Lipinski definition) is 5. The molecule has 9 nitrogen and oxygen atoms in total. The third-order valence-electron chi connectivity index (χ3n) is 3.19. The number of imide groups is 1. The van der Waals surface area contributed by atoms with Gasteiger partial charge in [-0.05, 0) is 55.5 Å². The summed E-state index contributed by atoms with van der Waals surface area (Å²) in [7, 11) is -4.32. The van der Waals surface area contributed by atoms with E-state index in [4.69, 9.17) is 4.55 Å². The molecule has 0 radical (unpaired) electrons. The fraction of sp³-hybridized carbons (Fsp3) is 0.0625. The number of ketones is 1. The van der Waals surface area contributed by atoms with Crippen LogP contribution in [-0.4, -0.2) is 30.8 Å². The summed E-state index contributed by atoms with van der Waals surface area (Å²) in [6.45, 7) is 1.42. The Morgan fingerprint density at radius 1 is 0.808 bits per heavy atom. The Morgan fingerprint density at radius 3 is 1.62 bits per heavy atom. The van der Waals surface area contributed by atoms with Crippen LogP contribution in [0.1, 0.15) is 17.3 Å². The molecule has 136 valence electrons. The minimum atomic E-state index is -4.32. The number of carbonyl (C=O) groups is 3. The summed E-state index contributed by atoms with van der Waals surface area (Å²) in [5, 5.41) is 6.77. The van der Waals surface area contributed by atoms with E-state index in [9.17, 15) is 22.8 Å². The van der Waals surface area contributed by atoms with Gasteiger partial charge in [-0.1, -0.05) is 0 Å². The van der Waals surface area contributed by atoms with E-state index in [-0.39, 0.29) is 16.4 Å². The molecular formula is C16H15N3O6S. The predicted molar refractivity (Wildman–Crippen MR) is 93.9 cm³/mol.